The van der Waals surface area contributed by atoms with Gasteiger partial charge in [0.05, 0.1) is 0 Å². The fraction of sp³-hybridized carbons (Fsp3) is 0.273. The largest absolute Gasteiger partial charge is 0.658 e. The predicted molar refractivity (Wildman–Crippen MR) is 207 cm³/mol. The Hall–Kier alpha value is -4.09. The van der Waals surface area contributed by atoms with Crippen LogP contribution in [0, 0.1) is 6.67 Å². The first kappa shape index (κ1) is 37.7. The third-order valence-electron chi connectivity index (χ3n) is 8.61. The molecular weight excluding hydrogens is 781 g/mol. The Kier molecular flexibility index (Phi) is 13.5. The summed E-state index contributed by atoms with van der Waals surface area (Å²) >= 11 is 0. The number of hydrazone groups is 1. The normalized spacial score (nSPS) is 12.6. The molecule has 0 N–H and O–H groups in total. The SMILES string of the molecule is CC(C)c1cccc(C(C)C)c1N1[CH-]N(c2c(C(C)C)cccc2C(C)C)C(c2ccccc2)=N1.[Au].c1ccc([N-]c2ccccc2)cc1. The topological polar surface area (TPSA) is 32.9 Å². The molecule has 1 radical (unpaired) electrons. The average molecular weight is 832 g/mol. The van der Waals surface area contributed by atoms with Crippen molar-refractivity contribution in [2.75, 3.05) is 9.91 Å². The number of anilines is 2. The quantitative estimate of drug-likeness (QED) is 0.109. The Morgan fingerprint density at radius 2 is 0.837 bits per heavy atom. The monoisotopic (exact) mass is 831 g/mol. The van der Waals surface area contributed by atoms with Gasteiger partial charge >= 0.3 is 0 Å². The molecule has 5 heteroatoms. The van der Waals surface area contributed by atoms with Crippen molar-refractivity contribution < 1.29 is 22.4 Å². The molecule has 49 heavy (non-hydrogen) atoms. The fourth-order valence-corrected chi connectivity index (χ4v) is 6.12. The number of nitrogens with zero attached hydrogens (tertiary/aromatic N) is 4. The number of para-hydroxylation sites is 4. The van der Waals surface area contributed by atoms with Gasteiger partial charge < -0.3 is 15.2 Å². The third-order valence-corrected chi connectivity index (χ3v) is 8.61. The number of amidine groups is 1. The van der Waals surface area contributed by atoms with Gasteiger partial charge in [-0.25, -0.2) is 0 Å². The van der Waals surface area contributed by atoms with E-state index in [-0.39, 0.29) is 22.4 Å². The molecule has 1 aliphatic rings. The van der Waals surface area contributed by atoms with Gasteiger partial charge in [-0.05, 0) is 45.9 Å². The van der Waals surface area contributed by atoms with Crippen LogP contribution in [-0.2, 0) is 22.4 Å². The van der Waals surface area contributed by atoms with E-state index >= 15 is 0 Å². The standard InChI is InChI=1S/C32H40N3.C12H10N.Au/c1-21(2)26-16-12-17-27(22(3)4)30(26)34-20-35(33-32(34)25-14-10-9-11-15-25)31-28(23(5)6)18-13-19-29(31)24(7)8;1-3-7-11(8-4-1)13-12-9-5-2-6-10-12;/h9-24H,1-8H3;1-10H;/q2*-1;. The summed E-state index contributed by atoms with van der Waals surface area (Å²) in [5, 5.41) is 11.9. The molecule has 0 saturated heterocycles. The van der Waals surface area contributed by atoms with Gasteiger partial charge in [0.2, 0.25) is 0 Å². The van der Waals surface area contributed by atoms with Crippen LogP contribution in [0.15, 0.2) is 132 Å². The number of rotatable bonds is 9. The Balaban J connectivity index is 0.000000323. The van der Waals surface area contributed by atoms with Crippen molar-refractivity contribution in [1.82, 2.24) is 0 Å². The molecular formula is C44H50AuN4-2. The van der Waals surface area contributed by atoms with Crippen LogP contribution in [0.5, 0.6) is 0 Å². The molecule has 5 aromatic carbocycles. The van der Waals surface area contributed by atoms with Gasteiger partial charge in [-0.15, -0.1) is 18.0 Å². The Labute approximate surface area is 310 Å². The van der Waals surface area contributed by atoms with Crippen LogP contribution < -0.4 is 9.91 Å². The van der Waals surface area contributed by atoms with Gasteiger partial charge in [-0.2, -0.15) is 5.10 Å². The summed E-state index contributed by atoms with van der Waals surface area (Å²) in [6.07, 6.45) is 0. The van der Waals surface area contributed by atoms with E-state index in [0.717, 1.165) is 22.8 Å². The third kappa shape index (κ3) is 9.13. The fourth-order valence-electron chi connectivity index (χ4n) is 6.12. The second-order valence-electron chi connectivity index (χ2n) is 13.6. The molecule has 0 aromatic heterocycles. The molecule has 0 atom stereocenters. The Bertz CT molecular complexity index is 1690. The minimum atomic E-state index is 0. The minimum Gasteiger partial charge on any atom is -0.658 e. The van der Waals surface area contributed by atoms with Crippen molar-refractivity contribution in [3.05, 3.63) is 167 Å². The van der Waals surface area contributed by atoms with Crippen LogP contribution >= 0.6 is 0 Å². The summed E-state index contributed by atoms with van der Waals surface area (Å²) in [7, 11) is 0. The first-order valence-electron chi connectivity index (χ1n) is 17.3. The van der Waals surface area contributed by atoms with E-state index in [1.54, 1.807) is 0 Å². The van der Waals surface area contributed by atoms with Crippen LogP contribution in [0.1, 0.15) is 107 Å². The molecule has 0 fully saturated rings. The van der Waals surface area contributed by atoms with Crippen molar-refractivity contribution in [1.29, 1.82) is 0 Å². The molecule has 259 valence electrons. The van der Waals surface area contributed by atoms with Crippen LogP contribution in [0.4, 0.5) is 22.7 Å². The molecule has 0 amide bonds. The van der Waals surface area contributed by atoms with Crippen LogP contribution in [0.3, 0.4) is 0 Å². The van der Waals surface area contributed by atoms with E-state index in [2.05, 4.69) is 144 Å². The van der Waals surface area contributed by atoms with E-state index in [1.807, 2.05) is 60.7 Å². The first-order valence-corrected chi connectivity index (χ1v) is 17.3. The zero-order chi connectivity index (χ0) is 34.2. The average Bonchev–Trinajstić information content (AvgIpc) is 3.54. The molecule has 1 heterocycles. The van der Waals surface area contributed by atoms with Gasteiger partial charge in [0, 0.05) is 39.3 Å². The summed E-state index contributed by atoms with van der Waals surface area (Å²) in [4.78, 5) is 2.33. The summed E-state index contributed by atoms with van der Waals surface area (Å²) in [5.74, 6) is 2.56. The van der Waals surface area contributed by atoms with Gasteiger partial charge in [0.15, 0.2) is 0 Å². The van der Waals surface area contributed by atoms with Crippen molar-refractivity contribution in [2.45, 2.75) is 79.1 Å². The van der Waals surface area contributed by atoms with Gasteiger partial charge in [0.25, 0.3) is 0 Å². The molecule has 0 saturated carbocycles. The van der Waals surface area contributed by atoms with Crippen molar-refractivity contribution in [2.24, 2.45) is 5.10 Å². The zero-order valence-corrected chi connectivity index (χ0v) is 32.3. The van der Waals surface area contributed by atoms with Crippen LogP contribution in [0.25, 0.3) is 5.32 Å². The minimum absolute atomic E-state index is 0. The first-order chi connectivity index (χ1) is 23.2. The van der Waals surface area contributed by atoms with Crippen molar-refractivity contribution in [3.63, 3.8) is 0 Å². The summed E-state index contributed by atoms with van der Waals surface area (Å²) in [5.41, 5.74) is 10.9. The molecule has 0 unspecified atom stereocenters. The van der Waals surface area contributed by atoms with Crippen molar-refractivity contribution >= 4 is 28.6 Å². The molecule has 5 aromatic rings. The second-order valence-corrected chi connectivity index (χ2v) is 13.6. The zero-order valence-electron chi connectivity index (χ0n) is 30.1. The van der Waals surface area contributed by atoms with Crippen LogP contribution in [0.2, 0.25) is 0 Å². The molecule has 0 aliphatic carbocycles. The maximum absolute atomic E-state index is 5.29. The number of benzene rings is 5. The number of hydrogen-bond acceptors (Lipinski definition) is 3. The van der Waals surface area contributed by atoms with Gasteiger partial charge in [-0.1, -0.05) is 183 Å². The molecule has 0 spiro atoms. The van der Waals surface area contributed by atoms with Gasteiger partial charge in [-0.3, -0.25) is 0 Å². The maximum Gasteiger partial charge on any atom is 0.129 e. The molecule has 6 rings (SSSR count). The summed E-state index contributed by atoms with van der Waals surface area (Å²) < 4.78 is 0. The van der Waals surface area contributed by atoms with E-state index in [9.17, 15) is 0 Å². The van der Waals surface area contributed by atoms with E-state index in [0.29, 0.717) is 23.7 Å². The number of hydrogen-bond donors (Lipinski definition) is 0. The molecule has 0 bridgehead atoms. The van der Waals surface area contributed by atoms with Crippen molar-refractivity contribution in [3.8, 4) is 0 Å². The van der Waals surface area contributed by atoms with Crippen LogP contribution in [-0.4, -0.2) is 5.84 Å². The van der Waals surface area contributed by atoms with E-state index < -0.39 is 0 Å². The molecule has 4 nitrogen and oxygen atoms in total. The summed E-state index contributed by atoms with van der Waals surface area (Å²) in [6.45, 7) is 20.4. The van der Waals surface area contributed by atoms with Gasteiger partial charge in [0.1, 0.15) is 5.84 Å². The smallest absolute Gasteiger partial charge is 0.129 e. The Morgan fingerprint density at radius 1 is 0.469 bits per heavy atom. The molecule has 1 aliphatic heterocycles. The second kappa shape index (κ2) is 17.5. The van der Waals surface area contributed by atoms with E-state index in [4.69, 9.17) is 5.10 Å². The summed E-state index contributed by atoms with van der Waals surface area (Å²) in [6, 6.07) is 43.9. The predicted octanol–water partition coefficient (Wildman–Crippen LogP) is 13.0. The van der Waals surface area contributed by atoms with E-state index in [1.165, 1.54) is 33.6 Å². The Morgan fingerprint density at radius 3 is 1.22 bits per heavy atom. The maximum atomic E-state index is 5.29.